The van der Waals surface area contributed by atoms with Gasteiger partial charge in [-0.25, -0.2) is 0 Å². The smallest absolute Gasteiger partial charge is 0.246 e. The molecular weight excluding hydrogens is 272 g/mol. The first-order valence-corrected chi connectivity index (χ1v) is 7.28. The molecule has 1 saturated heterocycles. The van der Waals surface area contributed by atoms with Gasteiger partial charge in [0.15, 0.2) is 5.82 Å². The number of hydrogen-bond acceptors (Lipinski definition) is 5. The maximum Gasteiger partial charge on any atom is 0.246 e. The summed E-state index contributed by atoms with van der Waals surface area (Å²) in [4.78, 5) is 30.6. The highest BCUT2D eigenvalue weighted by Gasteiger charge is 2.42. The first-order valence-electron chi connectivity index (χ1n) is 7.28. The zero-order valence-corrected chi connectivity index (χ0v) is 12.9. The Labute approximate surface area is 124 Å². The van der Waals surface area contributed by atoms with Crippen molar-refractivity contribution >= 4 is 11.8 Å². The number of aromatic nitrogens is 2. The van der Waals surface area contributed by atoms with Crippen molar-refractivity contribution in [2.75, 3.05) is 6.54 Å². The van der Waals surface area contributed by atoms with Gasteiger partial charge < -0.3 is 14.7 Å². The van der Waals surface area contributed by atoms with E-state index in [1.54, 1.807) is 4.90 Å². The SMILES string of the molecule is CC(C)C1NC(=O)C(C(C)C)N(CCc2ncon2)C1=O. The van der Waals surface area contributed by atoms with Crippen molar-refractivity contribution in [3.8, 4) is 0 Å². The lowest BCUT2D eigenvalue weighted by molar-refractivity contribution is -0.152. The molecule has 0 spiro atoms. The first-order chi connectivity index (χ1) is 9.91. The normalized spacial score (nSPS) is 23.0. The lowest BCUT2D eigenvalue weighted by Gasteiger charge is -2.41. The van der Waals surface area contributed by atoms with Crippen molar-refractivity contribution in [1.29, 1.82) is 0 Å². The highest BCUT2D eigenvalue weighted by Crippen LogP contribution is 2.20. The molecule has 2 rings (SSSR count). The van der Waals surface area contributed by atoms with Gasteiger partial charge in [0, 0.05) is 13.0 Å². The molecule has 1 aromatic rings. The minimum absolute atomic E-state index is 0.0354. The molecule has 0 aromatic carbocycles. The predicted molar refractivity (Wildman–Crippen MR) is 75.1 cm³/mol. The Bertz CT molecular complexity index is 498. The molecule has 2 unspecified atom stereocenters. The second-order valence-electron chi connectivity index (χ2n) is 6.05. The van der Waals surface area contributed by atoms with E-state index in [1.165, 1.54) is 6.39 Å². The highest BCUT2D eigenvalue weighted by atomic mass is 16.5. The summed E-state index contributed by atoms with van der Waals surface area (Å²) in [5.41, 5.74) is 0. The molecule has 1 N–H and O–H groups in total. The monoisotopic (exact) mass is 294 g/mol. The topological polar surface area (TPSA) is 88.3 Å². The van der Waals surface area contributed by atoms with E-state index in [1.807, 2.05) is 27.7 Å². The predicted octanol–water partition coefficient (Wildman–Crippen LogP) is 0.620. The molecule has 7 nitrogen and oxygen atoms in total. The van der Waals surface area contributed by atoms with Crippen LogP contribution in [0.4, 0.5) is 0 Å². The Morgan fingerprint density at radius 3 is 2.52 bits per heavy atom. The number of carbonyl (C=O) groups is 2. The molecule has 1 aliphatic rings. The number of hydrogen-bond donors (Lipinski definition) is 1. The van der Waals surface area contributed by atoms with Crippen LogP contribution in [-0.2, 0) is 16.0 Å². The third kappa shape index (κ3) is 3.22. The van der Waals surface area contributed by atoms with Crippen molar-refractivity contribution in [3.63, 3.8) is 0 Å². The quantitative estimate of drug-likeness (QED) is 0.860. The van der Waals surface area contributed by atoms with E-state index in [-0.39, 0.29) is 23.7 Å². The standard InChI is InChI=1S/C14H22N4O3/c1-8(2)11-14(20)18(6-5-10-15-7-21-17-10)12(9(3)4)13(19)16-11/h7-9,11-12H,5-6H2,1-4H3,(H,16,19). The van der Waals surface area contributed by atoms with Crippen molar-refractivity contribution in [1.82, 2.24) is 20.4 Å². The summed E-state index contributed by atoms with van der Waals surface area (Å²) in [5, 5.41) is 6.58. The van der Waals surface area contributed by atoms with Gasteiger partial charge in [-0.3, -0.25) is 9.59 Å². The molecule has 0 aliphatic carbocycles. The fourth-order valence-corrected chi connectivity index (χ4v) is 2.64. The molecule has 2 heterocycles. The molecule has 1 fully saturated rings. The van der Waals surface area contributed by atoms with Crippen LogP contribution in [0, 0.1) is 11.8 Å². The van der Waals surface area contributed by atoms with Crippen LogP contribution in [0.15, 0.2) is 10.9 Å². The molecular formula is C14H22N4O3. The summed E-state index contributed by atoms with van der Waals surface area (Å²) >= 11 is 0. The summed E-state index contributed by atoms with van der Waals surface area (Å²) < 4.78 is 4.69. The zero-order valence-electron chi connectivity index (χ0n) is 12.9. The van der Waals surface area contributed by atoms with Gasteiger partial charge in [-0.1, -0.05) is 32.9 Å². The third-order valence-electron chi connectivity index (χ3n) is 3.73. The van der Waals surface area contributed by atoms with Crippen LogP contribution < -0.4 is 5.32 Å². The Morgan fingerprint density at radius 1 is 1.29 bits per heavy atom. The Hall–Kier alpha value is -1.92. The summed E-state index contributed by atoms with van der Waals surface area (Å²) in [6.07, 6.45) is 1.74. The van der Waals surface area contributed by atoms with Crippen LogP contribution in [0.25, 0.3) is 0 Å². The summed E-state index contributed by atoms with van der Waals surface area (Å²) in [6, 6.07) is -0.905. The van der Waals surface area contributed by atoms with Gasteiger partial charge in [-0.2, -0.15) is 4.98 Å². The second kappa shape index (κ2) is 6.24. The molecule has 0 bridgehead atoms. The van der Waals surface area contributed by atoms with E-state index in [0.717, 1.165) is 0 Å². The minimum Gasteiger partial charge on any atom is -0.343 e. The number of nitrogens with one attached hydrogen (secondary N) is 1. The summed E-state index contributed by atoms with van der Waals surface area (Å²) in [7, 11) is 0. The van der Waals surface area contributed by atoms with E-state index >= 15 is 0 Å². The zero-order chi connectivity index (χ0) is 15.6. The van der Waals surface area contributed by atoms with E-state index in [9.17, 15) is 9.59 Å². The average Bonchev–Trinajstić information content (AvgIpc) is 2.91. The molecule has 2 atom stereocenters. The molecule has 1 aromatic heterocycles. The number of piperazine rings is 1. The van der Waals surface area contributed by atoms with Gasteiger partial charge >= 0.3 is 0 Å². The largest absolute Gasteiger partial charge is 0.343 e. The average molecular weight is 294 g/mol. The molecule has 2 amide bonds. The van der Waals surface area contributed by atoms with Crippen molar-refractivity contribution < 1.29 is 14.1 Å². The van der Waals surface area contributed by atoms with Gasteiger partial charge in [0.05, 0.1) is 0 Å². The fourth-order valence-electron chi connectivity index (χ4n) is 2.64. The first kappa shape index (κ1) is 15.5. The Balaban J connectivity index is 2.17. The van der Waals surface area contributed by atoms with E-state index in [0.29, 0.717) is 18.8 Å². The van der Waals surface area contributed by atoms with Crippen LogP contribution in [0.3, 0.4) is 0 Å². The van der Waals surface area contributed by atoms with Gasteiger partial charge in [-0.05, 0) is 11.8 Å². The van der Waals surface area contributed by atoms with Crippen molar-refractivity contribution in [3.05, 3.63) is 12.2 Å². The van der Waals surface area contributed by atoms with Crippen LogP contribution in [0.1, 0.15) is 33.5 Å². The minimum atomic E-state index is -0.460. The number of carbonyl (C=O) groups excluding carboxylic acids is 2. The summed E-state index contributed by atoms with van der Waals surface area (Å²) in [6.45, 7) is 8.15. The third-order valence-corrected chi connectivity index (χ3v) is 3.73. The molecule has 21 heavy (non-hydrogen) atoms. The van der Waals surface area contributed by atoms with E-state index in [4.69, 9.17) is 4.52 Å². The van der Waals surface area contributed by atoms with Crippen LogP contribution in [0.5, 0.6) is 0 Å². The van der Waals surface area contributed by atoms with Gasteiger partial charge in [0.25, 0.3) is 0 Å². The van der Waals surface area contributed by atoms with Crippen LogP contribution in [-0.4, -0.2) is 45.5 Å². The van der Waals surface area contributed by atoms with Crippen LogP contribution >= 0.6 is 0 Å². The number of nitrogens with zero attached hydrogens (tertiary/aromatic N) is 3. The molecule has 7 heteroatoms. The van der Waals surface area contributed by atoms with Gasteiger partial charge in [-0.15, -0.1) is 0 Å². The molecule has 116 valence electrons. The molecule has 0 radical (unpaired) electrons. The Morgan fingerprint density at radius 2 is 2.00 bits per heavy atom. The second-order valence-corrected chi connectivity index (χ2v) is 6.05. The van der Waals surface area contributed by atoms with Crippen molar-refractivity contribution in [2.45, 2.75) is 46.2 Å². The van der Waals surface area contributed by atoms with E-state index in [2.05, 4.69) is 15.5 Å². The van der Waals surface area contributed by atoms with Gasteiger partial charge in [0.1, 0.15) is 12.1 Å². The molecule has 0 saturated carbocycles. The lowest BCUT2D eigenvalue weighted by Crippen LogP contribution is -2.66. The highest BCUT2D eigenvalue weighted by molar-refractivity contribution is 5.97. The van der Waals surface area contributed by atoms with Crippen molar-refractivity contribution in [2.24, 2.45) is 11.8 Å². The maximum atomic E-state index is 12.6. The van der Waals surface area contributed by atoms with E-state index < -0.39 is 12.1 Å². The number of rotatable bonds is 5. The maximum absolute atomic E-state index is 12.6. The lowest BCUT2D eigenvalue weighted by atomic mass is 9.92. The van der Waals surface area contributed by atoms with Gasteiger partial charge in [0.2, 0.25) is 18.2 Å². The fraction of sp³-hybridized carbons (Fsp3) is 0.714. The number of amides is 2. The Kier molecular flexibility index (Phi) is 4.59. The molecule has 1 aliphatic heterocycles. The summed E-state index contributed by atoms with van der Waals surface area (Å²) in [5.74, 6) is 0.523. The van der Waals surface area contributed by atoms with Crippen LogP contribution in [0.2, 0.25) is 0 Å².